The van der Waals surface area contributed by atoms with E-state index in [9.17, 15) is 22.4 Å². The summed E-state index contributed by atoms with van der Waals surface area (Å²) in [5, 5.41) is 1.90. The molecule has 18 heavy (non-hydrogen) atoms. The van der Waals surface area contributed by atoms with Crippen LogP contribution in [0.25, 0.3) is 0 Å². The van der Waals surface area contributed by atoms with Gasteiger partial charge in [0.2, 0.25) is 0 Å². The molecule has 100 valence electrons. The number of nitrogens with one attached hydrogen (secondary N) is 1. The third kappa shape index (κ3) is 3.49. The van der Waals surface area contributed by atoms with Crippen LogP contribution in [0.2, 0.25) is 5.02 Å². The first-order chi connectivity index (χ1) is 8.24. The molecule has 0 saturated carbocycles. The van der Waals surface area contributed by atoms with Gasteiger partial charge in [0.05, 0.1) is 17.3 Å². The van der Waals surface area contributed by atoms with Crippen molar-refractivity contribution in [2.24, 2.45) is 0 Å². The first-order valence-corrected chi connectivity index (χ1v) is 5.11. The van der Waals surface area contributed by atoms with Crippen LogP contribution in [0.15, 0.2) is 18.2 Å². The number of amides is 1. The van der Waals surface area contributed by atoms with Gasteiger partial charge in [-0.1, -0.05) is 11.6 Å². The Balaban J connectivity index is 2.69. The maximum Gasteiger partial charge on any atom is 0.324 e. The predicted molar refractivity (Wildman–Crippen MR) is 59.1 cm³/mol. The summed E-state index contributed by atoms with van der Waals surface area (Å²) >= 11 is 5.60. The Kier molecular flexibility index (Phi) is 4.39. The van der Waals surface area contributed by atoms with E-state index < -0.39 is 24.8 Å². The quantitative estimate of drug-likeness (QED) is 0.659. The van der Waals surface area contributed by atoms with Gasteiger partial charge in [0.1, 0.15) is 0 Å². The van der Waals surface area contributed by atoms with Crippen molar-refractivity contribution in [3.63, 3.8) is 0 Å². The Morgan fingerprint density at radius 2 is 2.06 bits per heavy atom. The molecule has 0 aliphatic heterocycles. The highest BCUT2D eigenvalue weighted by atomic mass is 35.5. The Morgan fingerprint density at radius 1 is 1.44 bits per heavy atom. The first kappa shape index (κ1) is 14.6. The number of benzene rings is 1. The SMILES string of the molecule is Nc1cc(C(=O)NCC(F)(F)C(F)F)ccc1Cl. The van der Waals surface area contributed by atoms with Crippen LogP contribution in [-0.4, -0.2) is 24.8 Å². The molecule has 0 bridgehead atoms. The van der Waals surface area contributed by atoms with Crippen LogP contribution in [0, 0.1) is 0 Å². The fourth-order valence-corrected chi connectivity index (χ4v) is 1.18. The zero-order valence-electron chi connectivity index (χ0n) is 8.89. The summed E-state index contributed by atoms with van der Waals surface area (Å²) < 4.78 is 48.8. The van der Waals surface area contributed by atoms with Crippen LogP contribution in [0.5, 0.6) is 0 Å². The van der Waals surface area contributed by atoms with E-state index in [1.54, 1.807) is 5.32 Å². The highest BCUT2D eigenvalue weighted by molar-refractivity contribution is 6.33. The van der Waals surface area contributed by atoms with E-state index in [1.807, 2.05) is 0 Å². The van der Waals surface area contributed by atoms with Crippen molar-refractivity contribution in [1.29, 1.82) is 0 Å². The van der Waals surface area contributed by atoms with Crippen molar-refractivity contribution >= 4 is 23.2 Å². The fraction of sp³-hybridized carbons (Fsp3) is 0.300. The van der Waals surface area contributed by atoms with Gasteiger partial charge in [-0.25, -0.2) is 8.78 Å². The van der Waals surface area contributed by atoms with E-state index in [0.717, 1.165) is 6.07 Å². The number of halogens is 5. The molecule has 0 aromatic heterocycles. The van der Waals surface area contributed by atoms with Crippen molar-refractivity contribution < 1.29 is 22.4 Å². The van der Waals surface area contributed by atoms with E-state index in [2.05, 4.69) is 0 Å². The topological polar surface area (TPSA) is 55.1 Å². The van der Waals surface area contributed by atoms with E-state index >= 15 is 0 Å². The second kappa shape index (κ2) is 5.43. The molecular formula is C10H9ClF4N2O. The van der Waals surface area contributed by atoms with Gasteiger partial charge in [0.25, 0.3) is 5.91 Å². The van der Waals surface area contributed by atoms with Crippen LogP contribution in [0.1, 0.15) is 10.4 Å². The monoisotopic (exact) mass is 284 g/mol. The molecule has 1 aromatic carbocycles. The zero-order chi connectivity index (χ0) is 13.9. The lowest BCUT2D eigenvalue weighted by Crippen LogP contribution is -2.41. The summed E-state index contributed by atoms with van der Waals surface area (Å²) in [6, 6.07) is 3.71. The van der Waals surface area contributed by atoms with E-state index in [-0.39, 0.29) is 16.3 Å². The standard InChI is InChI=1S/C10H9ClF4N2O/c11-6-2-1-5(3-7(6)16)8(18)17-4-10(14,15)9(12)13/h1-3,9H,4,16H2,(H,17,18). The number of carbonyl (C=O) groups excluding carboxylic acids is 1. The number of nitrogens with two attached hydrogens (primary N) is 1. The lowest BCUT2D eigenvalue weighted by atomic mass is 10.2. The maximum absolute atomic E-state index is 12.6. The van der Waals surface area contributed by atoms with Gasteiger partial charge in [-0.05, 0) is 18.2 Å². The van der Waals surface area contributed by atoms with Crippen molar-refractivity contribution in [3.8, 4) is 0 Å². The Labute approximate surface area is 105 Å². The number of hydrogen-bond donors (Lipinski definition) is 2. The van der Waals surface area contributed by atoms with Gasteiger partial charge in [0.15, 0.2) is 0 Å². The van der Waals surface area contributed by atoms with E-state index in [0.29, 0.717) is 0 Å². The molecule has 1 aromatic rings. The Bertz CT molecular complexity index is 454. The number of carbonyl (C=O) groups is 1. The molecule has 0 radical (unpaired) electrons. The molecule has 0 atom stereocenters. The van der Waals surface area contributed by atoms with Gasteiger partial charge in [0, 0.05) is 5.56 Å². The van der Waals surface area contributed by atoms with Crippen LogP contribution in [0.3, 0.4) is 0 Å². The summed E-state index contributed by atoms with van der Waals surface area (Å²) in [5.41, 5.74) is 5.46. The van der Waals surface area contributed by atoms with E-state index in [1.165, 1.54) is 12.1 Å². The van der Waals surface area contributed by atoms with E-state index in [4.69, 9.17) is 17.3 Å². The largest absolute Gasteiger partial charge is 0.398 e. The molecular weight excluding hydrogens is 276 g/mol. The predicted octanol–water partition coefficient (Wildman–Crippen LogP) is 2.55. The molecule has 3 N–H and O–H groups in total. The van der Waals surface area contributed by atoms with Gasteiger partial charge >= 0.3 is 12.3 Å². The van der Waals surface area contributed by atoms with Gasteiger partial charge in [-0.2, -0.15) is 8.78 Å². The second-order valence-electron chi connectivity index (χ2n) is 3.48. The average molecular weight is 285 g/mol. The van der Waals surface area contributed by atoms with Gasteiger partial charge in [-0.15, -0.1) is 0 Å². The van der Waals surface area contributed by atoms with Crippen LogP contribution in [-0.2, 0) is 0 Å². The van der Waals surface area contributed by atoms with Crippen molar-refractivity contribution in [3.05, 3.63) is 28.8 Å². The fourth-order valence-electron chi connectivity index (χ4n) is 1.06. The normalized spacial score (nSPS) is 11.7. The number of anilines is 1. The number of hydrogen-bond acceptors (Lipinski definition) is 2. The molecule has 0 fully saturated rings. The number of rotatable bonds is 4. The number of alkyl halides is 4. The Hall–Kier alpha value is -1.50. The molecule has 3 nitrogen and oxygen atoms in total. The first-order valence-electron chi connectivity index (χ1n) is 4.73. The van der Waals surface area contributed by atoms with Gasteiger partial charge in [-0.3, -0.25) is 4.79 Å². The molecule has 1 rings (SSSR count). The summed E-state index contributed by atoms with van der Waals surface area (Å²) in [7, 11) is 0. The molecule has 0 aliphatic rings. The zero-order valence-corrected chi connectivity index (χ0v) is 9.65. The van der Waals surface area contributed by atoms with Gasteiger partial charge < -0.3 is 11.1 Å². The third-order valence-electron chi connectivity index (χ3n) is 2.06. The molecule has 8 heteroatoms. The lowest BCUT2D eigenvalue weighted by Gasteiger charge is -2.15. The average Bonchev–Trinajstić information content (AvgIpc) is 2.29. The van der Waals surface area contributed by atoms with Crippen LogP contribution >= 0.6 is 11.6 Å². The third-order valence-corrected chi connectivity index (χ3v) is 2.41. The summed E-state index contributed by atoms with van der Waals surface area (Å²) in [6.07, 6.45) is -3.84. The lowest BCUT2D eigenvalue weighted by molar-refractivity contribution is -0.123. The highest BCUT2D eigenvalue weighted by Gasteiger charge is 2.40. The number of nitrogen functional groups attached to an aromatic ring is 1. The highest BCUT2D eigenvalue weighted by Crippen LogP contribution is 2.22. The summed E-state index contributed by atoms with van der Waals surface area (Å²) in [4.78, 5) is 11.4. The summed E-state index contributed by atoms with van der Waals surface area (Å²) in [5.74, 6) is -5.20. The molecule has 0 saturated heterocycles. The minimum absolute atomic E-state index is 0.0398. The second-order valence-corrected chi connectivity index (χ2v) is 3.89. The molecule has 1 amide bonds. The van der Waals surface area contributed by atoms with Crippen molar-refractivity contribution in [2.45, 2.75) is 12.3 Å². The molecule has 0 spiro atoms. The minimum atomic E-state index is -4.27. The van der Waals surface area contributed by atoms with Crippen molar-refractivity contribution in [2.75, 3.05) is 12.3 Å². The van der Waals surface area contributed by atoms with Crippen LogP contribution in [0.4, 0.5) is 23.2 Å². The maximum atomic E-state index is 12.6. The smallest absolute Gasteiger partial charge is 0.324 e. The summed E-state index contributed by atoms with van der Waals surface area (Å²) in [6.45, 7) is -1.45. The van der Waals surface area contributed by atoms with Crippen LogP contribution < -0.4 is 11.1 Å². The molecule has 0 aliphatic carbocycles. The Morgan fingerprint density at radius 3 is 2.56 bits per heavy atom. The minimum Gasteiger partial charge on any atom is -0.398 e. The van der Waals surface area contributed by atoms with Crippen molar-refractivity contribution in [1.82, 2.24) is 5.32 Å². The molecule has 0 heterocycles. The molecule has 0 unspecified atom stereocenters.